The predicted molar refractivity (Wildman–Crippen MR) is 72.8 cm³/mol. The molecule has 0 aromatic carbocycles. The topological polar surface area (TPSA) is 41.6 Å². The molecule has 5 heteroatoms. The Bertz CT molecular complexity index is 402. The number of halogens is 1. The van der Waals surface area contributed by atoms with E-state index in [0.717, 1.165) is 17.4 Å². The van der Waals surface area contributed by atoms with E-state index in [2.05, 4.69) is 51.1 Å². The van der Waals surface area contributed by atoms with Crippen LogP contribution in [0.3, 0.4) is 0 Å². The van der Waals surface area contributed by atoms with Gasteiger partial charge in [0.1, 0.15) is 0 Å². The molecule has 16 heavy (non-hydrogen) atoms. The van der Waals surface area contributed by atoms with Gasteiger partial charge in [0.05, 0.1) is 12.6 Å². The van der Waals surface area contributed by atoms with Crippen LogP contribution in [0.2, 0.25) is 0 Å². The van der Waals surface area contributed by atoms with E-state index in [9.17, 15) is 0 Å². The van der Waals surface area contributed by atoms with Gasteiger partial charge in [-0.1, -0.05) is 6.92 Å². The minimum absolute atomic E-state index is 0.325. The number of nitrogens with zero attached hydrogens (tertiary/aromatic N) is 2. The van der Waals surface area contributed by atoms with Gasteiger partial charge in [0.2, 0.25) is 0 Å². The van der Waals surface area contributed by atoms with Crippen molar-refractivity contribution in [2.24, 2.45) is 10.7 Å². The van der Waals surface area contributed by atoms with Gasteiger partial charge in [-0.05, 0) is 35.3 Å². The molecule has 88 valence electrons. The molecule has 2 heterocycles. The lowest BCUT2D eigenvalue weighted by molar-refractivity contribution is 0.271. The van der Waals surface area contributed by atoms with Crippen LogP contribution in [0.1, 0.15) is 31.2 Å². The average molecular weight is 302 g/mol. The van der Waals surface area contributed by atoms with E-state index in [4.69, 9.17) is 5.73 Å². The number of rotatable bonds is 3. The molecule has 0 fully saturated rings. The SMILES string of the molecule is CCC(C)N1C(N)=NCC1c1cc(Br)cs1. The van der Waals surface area contributed by atoms with E-state index >= 15 is 0 Å². The van der Waals surface area contributed by atoms with Crippen LogP contribution in [0.5, 0.6) is 0 Å². The molecule has 0 saturated heterocycles. The van der Waals surface area contributed by atoms with Crippen molar-refractivity contribution in [3.8, 4) is 0 Å². The molecule has 2 N–H and O–H groups in total. The third kappa shape index (κ3) is 2.11. The Kier molecular flexibility index (Phi) is 3.54. The molecular formula is C11H16BrN3S. The summed E-state index contributed by atoms with van der Waals surface area (Å²) in [6, 6.07) is 2.93. The van der Waals surface area contributed by atoms with Crippen molar-refractivity contribution in [1.29, 1.82) is 0 Å². The summed E-state index contributed by atoms with van der Waals surface area (Å²) in [5, 5.41) is 2.11. The van der Waals surface area contributed by atoms with Crippen LogP contribution < -0.4 is 5.73 Å². The summed E-state index contributed by atoms with van der Waals surface area (Å²) in [6.45, 7) is 5.16. The lowest BCUT2D eigenvalue weighted by Crippen LogP contribution is -2.41. The molecule has 2 unspecified atom stereocenters. The summed E-state index contributed by atoms with van der Waals surface area (Å²) in [4.78, 5) is 7.93. The number of thiophene rings is 1. The molecule has 0 saturated carbocycles. The fraction of sp³-hybridized carbons (Fsp3) is 0.545. The van der Waals surface area contributed by atoms with Crippen LogP contribution in [0.4, 0.5) is 0 Å². The van der Waals surface area contributed by atoms with Gasteiger partial charge >= 0.3 is 0 Å². The van der Waals surface area contributed by atoms with Crippen molar-refractivity contribution < 1.29 is 0 Å². The lowest BCUT2D eigenvalue weighted by Gasteiger charge is -2.31. The Balaban J connectivity index is 2.23. The molecule has 0 bridgehead atoms. The molecule has 0 aliphatic carbocycles. The van der Waals surface area contributed by atoms with E-state index in [1.807, 2.05) is 0 Å². The van der Waals surface area contributed by atoms with E-state index in [1.165, 1.54) is 4.88 Å². The molecular weight excluding hydrogens is 286 g/mol. The van der Waals surface area contributed by atoms with Crippen LogP contribution in [-0.2, 0) is 0 Å². The molecule has 2 rings (SSSR count). The maximum atomic E-state index is 5.96. The second-order valence-electron chi connectivity index (χ2n) is 4.05. The zero-order chi connectivity index (χ0) is 11.7. The van der Waals surface area contributed by atoms with Gasteiger partial charge < -0.3 is 10.6 Å². The standard InChI is InChI=1S/C11H16BrN3S/c1-3-7(2)15-9(5-14-11(15)13)10-4-8(12)6-16-10/h4,6-7,9H,3,5H2,1-2H3,(H2,13,14). The van der Waals surface area contributed by atoms with Crippen LogP contribution in [0.15, 0.2) is 20.9 Å². The average Bonchev–Trinajstić information content (AvgIpc) is 2.83. The fourth-order valence-electron chi connectivity index (χ4n) is 1.97. The maximum absolute atomic E-state index is 5.96. The highest BCUT2D eigenvalue weighted by atomic mass is 79.9. The van der Waals surface area contributed by atoms with Crippen molar-refractivity contribution in [3.05, 3.63) is 20.8 Å². The number of guanidine groups is 1. The second kappa shape index (κ2) is 4.75. The molecule has 1 aromatic heterocycles. The van der Waals surface area contributed by atoms with Gasteiger partial charge in [-0.3, -0.25) is 4.99 Å². The Labute approximate surface area is 108 Å². The quantitative estimate of drug-likeness (QED) is 0.932. The molecule has 2 atom stereocenters. The first-order chi connectivity index (χ1) is 7.63. The third-order valence-corrected chi connectivity index (χ3v) is 4.80. The van der Waals surface area contributed by atoms with Gasteiger partial charge in [-0.25, -0.2) is 0 Å². The molecule has 3 nitrogen and oxygen atoms in total. The Morgan fingerprint density at radius 3 is 3.06 bits per heavy atom. The largest absolute Gasteiger partial charge is 0.370 e. The van der Waals surface area contributed by atoms with E-state index in [0.29, 0.717) is 18.0 Å². The molecule has 0 amide bonds. The van der Waals surface area contributed by atoms with Gasteiger partial charge in [0.15, 0.2) is 5.96 Å². The molecule has 1 aliphatic heterocycles. The number of aliphatic imine (C=N–C) groups is 1. The Morgan fingerprint density at radius 2 is 2.50 bits per heavy atom. The van der Waals surface area contributed by atoms with Gasteiger partial charge in [0.25, 0.3) is 0 Å². The second-order valence-corrected chi connectivity index (χ2v) is 5.91. The minimum atomic E-state index is 0.325. The first-order valence-corrected chi connectivity index (χ1v) is 7.13. The van der Waals surface area contributed by atoms with Crippen molar-refractivity contribution in [2.75, 3.05) is 6.54 Å². The van der Waals surface area contributed by atoms with E-state index < -0.39 is 0 Å². The van der Waals surface area contributed by atoms with E-state index in [1.54, 1.807) is 11.3 Å². The summed E-state index contributed by atoms with van der Waals surface area (Å²) in [5.41, 5.74) is 5.96. The van der Waals surface area contributed by atoms with Crippen LogP contribution in [0.25, 0.3) is 0 Å². The summed E-state index contributed by atoms with van der Waals surface area (Å²) in [5.74, 6) is 0.684. The zero-order valence-electron chi connectivity index (χ0n) is 9.48. The van der Waals surface area contributed by atoms with Crippen molar-refractivity contribution in [1.82, 2.24) is 4.90 Å². The summed E-state index contributed by atoms with van der Waals surface area (Å²) in [6.07, 6.45) is 1.08. The lowest BCUT2D eigenvalue weighted by atomic mass is 10.1. The minimum Gasteiger partial charge on any atom is -0.370 e. The highest BCUT2D eigenvalue weighted by molar-refractivity contribution is 9.10. The van der Waals surface area contributed by atoms with Crippen molar-refractivity contribution in [3.63, 3.8) is 0 Å². The van der Waals surface area contributed by atoms with Crippen molar-refractivity contribution in [2.45, 2.75) is 32.4 Å². The number of hydrogen-bond acceptors (Lipinski definition) is 4. The van der Waals surface area contributed by atoms with E-state index in [-0.39, 0.29) is 0 Å². The van der Waals surface area contributed by atoms with Gasteiger partial charge in [-0.15, -0.1) is 11.3 Å². The maximum Gasteiger partial charge on any atom is 0.192 e. The molecule has 1 aromatic rings. The zero-order valence-corrected chi connectivity index (χ0v) is 11.9. The Hall–Kier alpha value is -0.550. The monoisotopic (exact) mass is 301 g/mol. The summed E-state index contributed by atoms with van der Waals surface area (Å²) in [7, 11) is 0. The summed E-state index contributed by atoms with van der Waals surface area (Å²) >= 11 is 5.25. The van der Waals surface area contributed by atoms with Crippen LogP contribution >= 0.6 is 27.3 Å². The van der Waals surface area contributed by atoms with Crippen LogP contribution in [-0.4, -0.2) is 23.4 Å². The third-order valence-electron chi connectivity index (χ3n) is 3.01. The van der Waals surface area contributed by atoms with Gasteiger partial charge in [-0.2, -0.15) is 0 Å². The predicted octanol–water partition coefficient (Wildman–Crippen LogP) is 2.98. The first kappa shape index (κ1) is 11.9. The van der Waals surface area contributed by atoms with Crippen LogP contribution in [0, 0.1) is 0 Å². The Morgan fingerprint density at radius 1 is 1.75 bits per heavy atom. The molecule has 0 spiro atoms. The number of hydrogen-bond donors (Lipinski definition) is 1. The normalized spacial score (nSPS) is 22.3. The molecule has 1 aliphatic rings. The summed E-state index contributed by atoms with van der Waals surface area (Å²) < 4.78 is 1.14. The highest BCUT2D eigenvalue weighted by Crippen LogP contribution is 2.33. The highest BCUT2D eigenvalue weighted by Gasteiger charge is 2.31. The first-order valence-electron chi connectivity index (χ1n) is 5.45. The van der Waals surface area contributed by atoms with Crippen molar-refractivity contribution >= 4 is 33.2 Å². The smallest absolute Gasteiger partial charge is 0.192 e. The molecule has 0 radical (unpaired) electrons. The van der Waals surface area contributed by atoms with Gasteiger partial charge in [0, 0.05) is 20.8 Å². The number of nitrogens with two attached hydrogens (primary N) is 1. The fourth-order valence-corrected chi connectivity index (χ4v) is 3.50.